The van der Waals surface area contributed by atoms with Gasteiger partial charge in [0.15, 0.2) is 0 Å². The van der Waals surface area contributed by atoms with Crippen molar-refractivity contribution < 1.29 is 14.3 Å². The molecule has 8 heteroatoms. The first-order valence-corrected chi connectivity index (χ1v) is 16.6. The zero-order chi connectivity index (χ0) is 29.5. The summed E-state index contributed by atoms with van der Waals surface area (Å²) in [4.78, 5) is 26.4. The van der Waals surface area contributed by atoms with E-state index >= 15 is 0 Å². The summed E-state index contributed by atoms with van der Waals surface area (Å²) in [7, 11) is 0. The van der Waals surface area contributed by atoms with Crippen molar-refractivity contribution in [3.63, 3.8) is 0 Å². The molecule has 5 fully saturated rings. The van der Waals surface area contributed by atoms with Crippen molar-refractivity contribution in [1.29, 1.82) is 0 Å². The summed E-state index contributed by atoms with van der Waals surface area (Å²) in [5.74, 6) is 4.20. The third-order valence-corrected chi connectivity index (χ3v) is 10.6. The number of benzene rings is 2. The molecule has 2 heterocycles. The molecule has 5 aliphatic carbocycles. The number of nitrogens with zero attached hydrogens (tertiary/aromatic N) is 4. The third kappa shape index (κ3) is 5.60. The fourth-order valence-corrected chi connectivity index (χ4v) is 8.80. The first-order chi connectivity index (χ1) is 21.6. The van der Waals surface area contributed by atoms with Crippen LogP contribution in [0.2, 0.25) is 0 Å². The molecule has 0 amide bonds. The molecule has 8 nitrogen and oxygen atoms in total. The maximum atomic E-state index is 12.8. The summed E-state index contributed by atoms with van der Waals surface area (Å²) < 4.78 is 14.2. The molecular formula is C36H41N5O3. The number of aromatic nitrogens is 5. The lowest BCUT2D eigenvalue weighted by Crippen LogP contribution is -2.51. The molecule has 2 aromatic heterocycles. The van der Waals surface area contributed by atoms with Gasteiger partial charge in [-0.25, -0.2) is 19.4 Å². The van der Waals surface area contributed by atoms with Gasteiger partial charge < -0.3 is 14.5 Å². The van der Waals surface area contributed by atoms with Crippen molar-refractivity contribution in [3.05, 3.63) is 83.6 Å². The molecule has 228 valence electrons. The molecule has 0 aliphatic heterocycles. The first-order valence-electron chi connectivity index (χ1n) is 16.6. The zero-order valence-corrected chi connectivity index (χ0v) is 25.3. The van der Waals surface area contributed by atoms with Gasteiger partial charge in [-0.1, -0.05) is 55.7 Å². The molecule has 5 aliphatic rings. The highest BCUT2D eigenvalue weighted by Gasteiger charge is 2.51. The SMILES string of the molecule is O=C(OCc1ccccc1)c1cccc(-n2cnc(-c3nc(C4CCCCC4)[nH]c3COC34CC5CC(CC(C5)C3)C4)n2)c1. The second-order valence-electron chi connectivity index (χ2n) is 13.8. The van der Waals surface area contributed by atoms with Crippen LogP contribution in [0.25, 0.3) is 17.2 Å². The van der Waals surface area contributed by atoms with E-state index in [1.165, 1.54) is 57.8 Å². The maximum Gasteiger partial charge on any atom is 0.338 e. The van der Waals surface area contributed by atoms with Crippen molar-refractivity contribution in [2.24, 2.45) is 17.8 Å². The number of carbonyl (C=O) groups excluding carboxylic acids is 1. The summed E-state index contributed by atoms with van der Waals surface area (Å²) in [5.41, 5.74) is 3.95. The Morgan fingerprint density at radius 1 is 0.909 bits per heavy atom. The van der Waals surface area contributed by atoms with Crippen LogP contribution in [0.4, 0.5) is 0 Å². The lowest BCUT2D eigenvalue weighted by atomic mass is 9.54. The van der Waals surface area contributed by atoms with Crippen LogP contribution in [-0.4, -0.2) is 36.3 Å². The van der Waals surface area contributed by atoms with Crippen molar-refractivity contribution in [2.45, 2.75) is 95.4 Å². The van der Waals surface area contributed by atoms with Crippen LogP contribution in [0.15, 0.2) is 60.9 Å². The van der Waals surface area contributed by atoms with Crippen LogP contribution in [0.5, 0.6) is 0 Å². The average molecular weight is 592 g/mol. The maximum absolute atomic E-state index is 12.8. The molecule has 0 atom stereocenters. The predicted molar refractivity (Wildman–Crippen MR) is 166 cm³/mol. The van der Waals surface area contributed by atoms with E-state index < -0.39 is 0 Å². The van der Waals surface area contributed by atoms with Gasteiger partial charge >= 0.3 is 5.97 Å². The molecule has 9 rings (SSSR count). The minimum Gasteiger partial charge on any atom is -0.457 e. The minimum absolute atomic E-state index is 0.0183. The van der Waals surface area contributed by atoms with Gasteiger partial charge in [0.25, 0.3) is 0 Å². The Hall–Kier alpha value is -3.78. The van der Waals surface area contributed by atoms with Gasteiger partial charge in [-0.2, -0.15) is 0 Å². The number of nitrogens with one attached hydrogen (secondary N) is 1. The van der Waals surface area contributed by atoms with Crippen LogP contribution in [-0.2, 0) is 22.7 Å². The van der Waals surface area contributed by atoms with Crippen LogP contribution >= 0.6 is 0 Å². The molecule has 2 aromatic carbocycles. The summed E-state index contributed by atoms with van der Waals surface area (Å²) in [6.45, 7) is 0.743. The van der Waals surface area contributed by atoms with E-state index in [0.717, 1.165) is 59.1 Å². The van der Waals surface area contributed by atoms with Crippen molar-refractivity contribution in [1.82, 2.24) is 24.7 Å². The summed E-state index contributed by atoms with van der Waals surface area (Å²) in [6.07, 6.45) is 15.6. The van der Waals surface area contributed by atoms with Gasteiger partial charge in [-0.05, 0) is 92.9 Å². The van der Waals surface area contributed by atoms with E-state index in [2.05, 4.69) is 4.98 Å². The number of carbonyl (C=O) groups is 1. The van der Waals surface area contributed by atoms with Crippen LogP contribution in [0.1, 0.15) is 104 Å². The second-order valence-corrected chi connectivity index (χ2v) is 13.8. The fourth-order valence-electron chi connectivity index (χ4n) is 8.80. The van der Waals surface area contributed by atoms with Crippen LogP contribution in [0.3, 0.4) is 0 Å². The predicted octanol–water partition coefficient (Wildman–Crippen LogP) is 7.55. The lowest BCUT2D eigenvalue weighted by molar-refractivity contribution is -0.169. The van der Waals surface area contributed by atoms with Crippen LogP contribution < -0.4 is 0 Å². The average Bonchev–Trinajstić information content (AvgIpc) is 3.71. The van der Waals surface area contributed by atoms with Gasteiger partial charge in [0.2, 0.25) is 5.82 Å². The standard InChI is InChI=1S/C36H41N5O3/c42-35(43-21-24-8-3-1-4-9-24)29-12-7-13-30(17-29)41-23-37-34(40-41)32-31(38-33(39-32)28-10-5-2-6-11-28)22-44-36-18-25-14-26(19-36)16-27(15-25)20-36/h1,3-4,7-9,12-13,17,23,25-28H,2,5-6,10-11,14-16,18-22H2,(H,38,39). The zero-order valence-electron chi connectivity index (χ0n) is 25.3. The van der Waals surface area contributed by atoms with E-state index in [1.807, 2.05) is 42.5 Å². The fraction of sp³-hybridized carbons (Fsp3) is 0.500. The van der Waals surface area contributed by atoms with Gasteiger partial charge in [-0.3, -0.25) is 0 Å². The van der Waals surface area contributed by atoms with Gasteiger partial charge in [-0.15, -0.1) is 5.10 Å². The number of rotatable bonds is 9. The van der Waals surface area contributed by atoms with Gasteiger partial charge in [0, 0.05) is 5.92 Å². The minimum atomic E-state index is -0.371. The van der Waals surface area contributed by atoms with Crippen LogP contribution in [0, 0.1) is 17.8 Å². The molecule has 4 aromatic rings. The topological polar surface area (TPSA) is 94.9 Å². The summed E-state index contributed by atoms with van der Waals surface area (Å²) >= 11 is 0. The smallest absolute Gasteiger partial charge is 0.338 e. The van der Waals surface area contributed by atoms with E-state index in [-0.39, 0.29) is 18.2 Å². The number of imidazole rings is 1. The van der Waals surface area contributed by atoms with Gasteiger partial charge in [0.1, 0.15) is 24.5 Å². The number of ether oxygens (including phenoxy) is 2. The van der Waals surface area contributed by atoms with Crippen molar-refractivity contribution in [3.8, 4) is 17.2 Å². The molecule has 4 bridgehead atoms. The van der Waals surface area contributed by atoms with E-state index in [0.29, 0.717) is 23.9 Å². The Bertz CT molecular complexity index is 1580. The van der Waals surface area contributed by atoms with E-state index in [1.54, 1.807) is 23.1 Å². The monoisotopic (exact) mass is 591 g/mol. The molecule has 1 N–H and O–H groups in total. The second kappa shape index (κ2) is 11.6. The number of esters is 1. The molecule has 0 unspecified atom stereocenters. The highest BCUT2D eigenvalue weighted by molar-refractivity contribution is 5.90. The quantitative estimate of drug-likeness (QED) is 0.202. The Labute approximate surface area is 258 Å². The number of hydrogen-bond donors (Lipinski definition) is 1. The molecular weight excluding hydrogens is 550 g/mol. The van der Waals surface area contributed by atoms with Crippen molar-refractivity contribution >= 4 is 5.97 Å². The Morgan fingerprint density at radius 2 is 1.66 bits per heavy atom. The Balaban J connectivity index is 1.03. The van der Waals surface area contributed by atoms with Gasteiger partial charge in [0.05, 0.1) is 29.2 Å². The van der Waals surface area contributed by atoms with Crippen molar-refractivity contribution in [2.75, 3.05) is 0 Å². The summed E-state index contributed by atoms with van der Waals surface area (Å²) in [6, 6.07) is 17.0. The molecule has 44 heavy (non-hydrogen) atoms. The Morgan fingerprint density at radius 3 is 2.41 bits per heavy atom. The highest BCUT2D eigenvalue weighted by atomic mass is 16.5. The number of aromatic amines is 1. The number of hydrogen-bond acceptors (Lipinski definition) is 6. The molecule has 0 saturated heterocycles. The van der Waals surface area contributed by atoms with E-state index in [4.69, 9.17) is 24.5 Å². The normalized spacial score (nSPS) is 26.2. The Kier molecular flexibility index (Phi) is 7.33. The lowest BCUT2D eigenvalue weighted by Gasteiger charge is -2.56. The number of H-pyrrole nitrogens is 1. The molecule has 0 spiro atoms. The first kappa shape index (κ1) is 27.7. The van der Waals surface area contributed by atoms with E-state index in [9.17, 15) is 4.79 Å². The molecule has 5 saturated carbocycles. The third-order valence-electron chi connectivity index (χ3n) is 10.6. The largest absolute Gasteiger partial charge is 0.457 e. The molecule has 0 radical (unpaired) electrons. The summed E-state index contributed by atoms with van der Waals surface area (Å²) in [5, 5.41) is 4.85. The highest BCUT2D eigenvalue weighted by Crippen LogP contribution is 2.57.